The number of hydrogen-bond acceptors (Lipinski definition) is 3. The molecule has 2 atom stereocenters. The van der Waals surface area contributed by atoms with Crippen molar-refractivity contribution in [3.63, 3.8) is 0 Å². The molecule has 5 nitrogen and oxygen atoms in total. The van der Waals surface area contributed by atoms with Crippen LogP contribution >= 0.6 is 0 Å². The van der Waals surface area contributed by atoms with Gasteiger partial charge in [0.25, 0.3) is 5.91 Å². The molecule has 0 aliphatic carbocycles. The van der Waals surface area contributed by atoms with Crippen LogP contribution in [-0.2, 0) is 9.59 Å². The number of carbonyl (C=O) groups is 3. The zero-order chi connectivity index (χ0) is 10.9. The second kappa shape index (κ2) is 3.40. The minimum Gasteiger partial charge on any atom is -0.324 e. The number of ketones is 1. The highest BCUT2D eigenvalue weighted by Crippen LogP contribution is 2.20. The molecule has 2 N–H and O–H groups in total. The van der Waals surface area contributed by atoms with Gasteiger partial charge in [-0.1, -0.05) is 6.92 Å². The van der Waals surface area contributed by atoms with Crippen molar-refractivity contribution < 1.29 is 14.4 Å². The zero-order valence-corrected chi connectivity index (χ0v) is 8.51. The Morgan fingerprint density at radius 2 is 2.07 bits per heavy atom. The Labute approximate surface area is 82.2 Å². The molecule has 0 aromatic rings. The summed E-state index contributed by atoms with van der Waals surface area (Å²) in [6, 6.07) is -0.492. The summed E-state index contributed by atoms with van der Waals surface area (Å²) < 4.78 is 0. The summed E-state index contributed by atoms with van der Waals surface area (Å²) in [4.78, 5) is 33.3. The molecule has 2 unspecified atom stereocenters. The molecule has 1 rings (SSSR count). The second-order valence-corrected chi connectivity index (χ2v) is 3.96. The molecule has 0 aromatic carbocycles. The molecule has 1 aliphatic heterocycles. The molecular formula is C9H14N2O3. The van der Waals surface area contributed by atoms with Crippen LogP contribution in [0.25, 0.3) is 0 Å². The van der Waals surface area contributed by atoms with E-state index in [1.807, 2.05) is 0 Å². The maximum Gasteiger partial charge on any atom is 0.322 e. The Morgan fingerprint density at radius 3 is 2.43 bits per heavy atom. The summed E-state index contributed by atoms with van der Waals surface area (Å²) in [5.41, 5.74) is -0.942. The lowest BCUT2D eigenvalue weighted by atomic mass is 9.88. The average Bonchev–Trinajstić information content (AvgIpc) is 2.25. The van der Waals surface area contributed by atoms with Gasteiger partial charge >= 0.3 is 6.03 Å². The lowest BCUT2D eigenvalue weighted by Crippen LogP contribution is -2.45. The van der Waals surface area contributed by atoms with Crippen molar-refractivity contribution in [1.29, 1.82) is 0 Å². The van der Waals surface area contributed by atoms with Gasteiger partial charge in [-0.15, -0.1) is 0 Å². The van der Waals surface area contributed by atoms with Crippen molar-refractivity contribution in [2.45, 2.75) is 32.7 Å². The van der Waals surface area contributed by atoms with Crippen molar-refractivity contribution >= 4 is 17.7 Å². The van der Waals surface area contributed by atoms with Crippen molar-refractivity contribution in [2.24, 2.45) is 5.92 Å². The highest BCUT2D eigenvalue weighted by Gasteiger charge is 2.43. The van der Waals surface area contributed by atoms with E-state index < -0.39 is 11.6 Å². The van der Waals surface area contributed by atoms with Crippen molar-refractivity contribution in [1.82, 2.24) is 10.6 Å². The van der Waals surface area contributed by atoms with Crippen LogP contribution in [0.2, 0.25) is 0 Å². The normalized spacial score (nSPS) is 28.2. The van der Waals surface area contributed by atoms with E-state index in [4.69, 9.17) is 0 Å². The third kappa shape index (κ3) is 1.92. The van der Waals surface area contributed by atoms with Gasteiger partial charge < -0.3 is 5.32 Å². The van der Waals surface area contributed by atoms with Crippen LogP contribution in [0.4, 0.5) is 4.79 Å². The summed E-state index contributed by atoms with van der Waals surface area (Å²) in [6.45, 7) is 4.83. The zero-order valence-electron chi connectivity index (χ0n) is 8.51. The molecule has 0 spiro atoms. The van der Waals surface area contributed by atoms with Crippen LogP contribution in [0.1, 0.15) is 27.2 Å². The van der Waals surface area contributed by atoms with Gasteiger partial charge in [0.15, 0.2) is 0 Å². The van der Waals surface area contributed by atoms with Crippen LogP contribution < -0.4 is 10.6 Å². The van der Waals surface area contributed by atoms with Crippen molar-refractivity contribution in [3.8, 4) is 0 Å². The predicted molar refractivity (Wildman–Crippen MR) is 49.5 cm³/mol. The molecular weight excluding hydrogens is 184 g/mol. The topological polar surface area (TPSA) is 75.3 Å². The lowest BCUT2D eigenvalue weighted by molar-refractivity contribution is -0.125. The second-order valence-electron chi connectivity index (χ2n) is 3.96. The molecule has 1 aliphatic rings. The minimum atomic E-state index is -0.942. The fourth-order valence-electron chi connectivity index (χ4n) is 1.48. The maximum atomic E-state index is 11.4. The Balaban J connectivity index is 2.72. The summed E-state index contributed by atoms with van der Waals surface area (Å²) in [6.07, 6.45) is 0.333. The van der Waals surface area contributed by atoms with E-state index in [-0.39, 0.29) is 17.6 Å². The van der Waals surface area contributed by atoms with E-state index in [0.717, 1.165) is 0 Å². The number of Topliss-reactive ketones (excluding diaryl/α,β-unsaturated/α-hetero) is 1. The fourth-order valence-corrected chi connectivity index (χ4v) is 1.48. The van der Waals surface area contributed by atoms with Crippen LogP contribution in [0.5, 0.6) is 0 Å². The molecule has 1 heterocycles. The van der Waals surface area contributed by atoms with Gasteiger partial charge in [-0.05, 0) is 20.3 Å². The van der Waals surface area contributed by atoms with E-state index in [9.17, 15) is 14.4 Å². The van der Waals surface area contributed by atoms with Gasteiger partial charge in [0.1, 0.15) is 11.3 Å². The largest absolute Gasteiger partial charge is 0.324 e. The molecule has 0 aromatic heterocycles. The first kappa shape index (κ1) is 10.7. The predicted octanol–water partition coefficient (Wildman–Crippen LogP) is 0.200. The number of carbonyl (C=O) groups excluding carboxylic acids is 3. The Kier molecular flexibility index (Phi) is 2.59. The van der Waals surface area contributed by atoms with Gasteiger partial charge in [0.2, 0.25) is 0 Å². The minimum absolute atomic E-state index is 0.0140. The van der Waals surface area contributed by atoms with Gasteiger partial charge in [-0.2, -0.15) is 0 Å². The van der Waals surface area contributed by atoms with E-state index in [1.54, 1.807) is 13.8 Å². The Bertz CT molecular complexity index is 300. The number of imide groups is 1. The van der Waals surface area contributed by atoms with E-state index >= 15 is 0 Å². The molecule has 0 radical (unpaired) electrons. The molecule has 3 amide bonds. The fraction of sp³-hybridized carbons (Fsp3) is 0.667. The van der Waals surface area contributed by atoms with Crippen LogP contribution in [0.15, 0.2) is 0 Å². The number of nitrogens with one attached hydrogen (secondary N) is 2. The summed E-state index contributed by atoms with van der Waals surface area (Å²) in [7, 11) is 0. The van der Waals surface area contributed by atoms with Crippen LogP contribution in [0.3, 0.4) is 0 Å². The Hall–Kier alpha value is -1.39. The molecule has 5 heteroatoms. The molecule has 78 valence electrons. The first-order valence-electron chi connectivity index (χ1n) is 4.49. The first-order chi connectivity index (χ1) is 6.35. The quantitative estimate of drug-likeness (QED) is 0.636. The van der Waals surface area contributed by atoms with E-state index in [0.29, 0.717) is 6.42 Å². The third-order valence-electron chi connectivity index (χ3n) is 2.53. The van der Waals surface area contributed by atoms with E-state index in [2.05, 4.69) is 10.6 Å². The third-order valence-corrected chi connectivity index (χ3v) is 2.53. The lowest BCUT2D eigenvalue weighted by Gasteiger charge is -2.22. The first-order valence-corrected chi connectivity index (χ1v) is 4.49. The molecule has 0 bridgehead atoms. The van der Waals surface area contributed by atoms with E-state index in [1.165, 1.54) is 6.92 Å². The molecule has 14 heavy (non-hydrogen) atoms. The maximum absolute atomic E-state index is 11.4. The molecule has 0 saturated carbocycles. The summed E-state index contributed by atoms with van der Waals surface area (Å²) >= 11 is 0. The van der Waals surface area contributed by atoms with Crippen molar-refractivity contribution in [3.05, 3.63) is 0 Å². The molecule has 1 fully saturated rings. The smallest absolute Gasteiger partial charge is 0.322 e. The van der Waals surface area contributed by atoms with Crippen LogP contribution in [-0.4, -0.2) is 23.3 Å². The number of hydrogen-bond donors (Lipinski definition) is 2. The van der Waals surface area contributed by atoms with Gasteiger partial charge in [-0.25, -0.2) is 4.79 Å². The number of amides is 3. The monoisotopic (exact) mass is 198 g/mol. The van der Waals surface area contributed by atoms with Crippen LogP contribution in [0, 0.1) is 5.92 Å². The highest BCUT2D eigenvalue weighted by molar-refractivity contribution is 6.06. The Morgan fingerprint density at radius 1 is 1.50 bits per heavy atom. The van der Waals surface area contributed by atoms with Gasteiger partial charge in [0.05, 0.1) is 0 Å². The average molecular weight is 198 g/mol. The van der Waals surface area contributed by atoms with Gasteiger partial charge in [-0.3, -0.25) is 14.9 Å². The standard InChI is InChI=1S/C9H14N2O3/c1-5(6(2)12)4-9(3)7(13)10-8(14)11-9/h5H,4H2,1-3H3,(H2,10,11,13,14). The number of rotatable bonds is 3. The molecule has 1 saturated heterocycles. The number of urea groups is 1. The highest BCUT2D eigenvalue weighted by atomic mass is 16.2. The SMILES string of the molecule is CC(=O)C(C)CC1(C)NC(=O)NC1=O. The summed E-state index contributed by atoms with van der Waals surface area (Å²) in [5, 5.41) is 4.67. The summed E-state index contributed by atoms with van der Waals surface area (Å²) in [5.74, 6) is -0.583. The van der Waals surface area contributed by atoms with Gasteiger partial charge in [0, 0.05) is 5.92 Å². The van der Waals surface area contributed by atoms with Crippen molar-refractivity contribution in [2.75, 3.05) is 0 Å².